The molecule has 1 amide bonds. The molecule has 0 bridgehead atoms. The summed E-state index contributed by atoms with van der Waals surface area (Å²) in [4.78, 5) is 25.9. The van der Waals surface area contributed by atoms with Crippen molar-refractivity contribution in [2.75, 3.05) is 18.8 Å². The minimum absolute atomic E-state index is 0.171. The maximum Gasteiger partial charge on any atom is 0.410 e. The first-order valence-electron chi connectivity index (χ1n) is 9.66. The Hall–Kier alpha value is -2.35. The first kappa shape index (κ1) is 22.9. The first-order chi connectivity index (χ1) is 13.6. The minimum atomic E-state index is -3.58. The van der Waals surface area contributed by atoms with Gasteiger partial charge in [-0.1, -0.05) is 36.4 Å². The van der Waals surface area contributed by atoms with Crippen LogP contribution in [0.15, 0.2) is 41.3 Å². The normalized spacial score (nSPS) is 15.3. The monoisotopic (exact) mass is 423 g/mol. The molecule has 160 valence electrons. The molecular weight excluding hydrogens is 394 g/mol. The van der Waals surface area contributed by atoms with Crippen LogP contribution in [0.3, 0.4) is 0 Å². The van der Waals surface area contributed by atoms with E-state index in [0.717, 1.165) is 5.56 Å². The Balaban J connectivity index is 1.85. The lowest BCUT2D eigenvalue weighted by atomic mass is 10.2. The van der Waals surface area contributed by atoms with Gasteiger partial charge in [-0.05, 0) is 32.8 Å². The number of benzene rings is 1. The number of carbonyl (C=O) groups excluding carboxylic acids is 2. The number of carbonyl (C=O) groups is 2. The molecule has 1 heterocycles. The highest BCUT2D eigenvalue weighted by Gasteiger charge is 2.25. The second kappa shape index (κ2) is 9.91. The van der Waals surface area contributed by atoms with Crippen LogP contribution >= 0.6 is 0 Å². The summed E-state index contributed by atoms with van der Waals surface area (Å²) in [5.41, 5.74) is 0.238. The van der Waals surface area contributed by atoms with Crippen molar-refractivity contribution in [2.24, 2.45) is 0 Å². The van der Waals surface area contributed by atoms with Gasteiger partial charge in [0.25, 0.3) is 0 Å². The van der Waals surface area contributed by atoms with Crippen LogP contribution in [0.5, 0.6) is 0 Å². The van der Waals surface area contributed by atoms with Gasteiger partial charge in [0.2, 0.25) is 0 Å². The van der Waals surface area contributed by atoms with Crippen molar-refractivity contribution in [1.29, 1.82) is 0 Å². The molecule has 0 unspecified atom stereocenters. The molecule has 0 N–H and O–H groups in total. The van der Waals surface area contributed by atoms with Gasteiger partial charge in [0, 0.05) is 24.4 Å². The van der Waals surface area contributed by atoms with E-state index in [2.05, 4.69) is 0 Å². The summed E-state index contributed by atoms with van der Waals surface area (Å²) in [6.07, 6.45) is 1.60. The van der Waals surface area contributed by atoms with Crippen LogP contribution < -0.4 is 0 Å². The average molecular weight is 424 g/mol. The zero-order valence-electron chi connectivity index (χ0n) is 17.2. The van der Waals surface area contributed by atoms with E-state index in [1.165, 1.54) is 4.90 Å². The molecule has 0 aliphatic carbocycles. The molecule has 29 heavy (non-hydrogen) atoms. The topological polar surface area (TPSA) is 90.0 Å². The third-order valence-corrected chi connectivity index (χ3v) is 6.17. The lowest BCUT2D eigenvalue weighted by Crippen LogP contribution is -2.32. The van der Waals surface area contributed by atoms with Crippen molar-refractivity contribution in [3.63, 3.8) is 0 Å². The number of hydrogen-bond acceptors (Lipinski definition) is 6. The largest absolute Gasteiger partial charge is 0.460 e. The maximum absolute atomic E-state index is 12.6. The zero-order chi connectivity index (χ0) is 21.5. The predicted octanol–water partition coefficient (Wildman–Crippen LogP) is 3.45. The van der Waals surface area contributed by atoms with Gasteiger partial charge in [-0.2, -0.15) is 0 Å². The SMILES string of the molecule is CC(C)(C)OC(=O)CCS(=O)(=O)C1=CCCN(C(=O)OCc2ccccc2)CC1. The summed E-state index contributed by atoms with van der Waals surface area (Å²) < 4.78 is 35.7. The molecule has 7 nitrogen and oxygen atoms in total. The summed E-state index contributed by atoms with van der Waals surface area (Å²) in [5.74, 6) is -0.840. The number of rotatable bonds is 6. The fourth-order valence-corrected chi connectivity index (χ4v) is 4.33. The van der Waals surface area contributed by atoms with Crippen molar-refractivity contribution < 1.29 is 27.5 Å². The fourth-order valence-electron chi connectivity index (χ4n) is 2.86. The Kier molecular flexibility index (Phi) is 7.84. The van der Waals surface area contributed by atoms with Gasteiger partial charge in [0.05, 0.1) is 12.2 Å². The van der Waals surface area contributed by atoms with E-state index in [0.29, 0.717) is 13.0 Å². The Morgan fingerprint density at radius 1 is 1.10 bits per heavy atom. The van der Waals surface area contributed by atoms with Gasteiger partial charge in [-0.25, -0.2) is 13.2 Å². The number of esters is 1. The first-order valence-corrected chi connectivity index (χ1v) is 11.3. The van der Waals surface area contributed by atoms with Gasteiger partial charge >= 0.3 is 12.1 Å². The lowest BCUT2D eigenvalue weighted by molar-refractivity contribution is -0.154. The van der Waals surface area contributed by atoms with Crippen LogP contribution in [0.25, 0.3) is 0 Å². The van der Waals surface area contributed by atoms with Crippen molar-refractivity contribution in [3.05, 3.63) is 46.9 Å². The van der Waals surface area contributed by atoms with Crippen LogP contribution in [0.2, 0.25) is 0 Å². The maximum atomic E-state index is 12.6. The van der Waals surface area contributed by atoms with Gasteiger partial charge in [-0.3, -0.25) is 4.79 Å². The molecule has 1 aliphatic rings. The molecule has 0 spiro atoms. The van der Waals surface area contributed by atoms with Gasteiger partial charge in [-0.15, -0.1) is 0 Å². The Morgan fingerprint density at radius 2 is 1.79 bits per heavy atom. The van der Waals surface area contributed by atoms with Crippen molar-refractivity contribution in [1.82, 2.24) is 4.90 Å². The van der Waals surface area contributed by atoms with E-state index in [1.807, 2.05) is 30.3 Å². The molecule has 1 aliphatic heterocycles. The third kappa shape index (κ3) is 7.89. The number of ether oxygens (including phenoxy) is 2. The number of hydrogen-bond donors (Lipinski definition) is 0. The fraction of sp³-hybridized carbons (Fsp3) is 0.524. The summed E-state index contributed by atoms with van der Waals surface area (Å²) in [6, 6.07) is 9.36. The quantitative estimate of drug-likeness (QED) is 0.651. The number of amides is 1. The molecule has 1 aromatic carbocycles. The zero-order valence-corrected chi connectivity index (χ0v) is 18.0. The molecule has 2 rings (SSSR count). The Labute approximate surface area is 172 Å². The second-order valence-corrected chi connectivity index (χ2v) is 10.1. The Bertz CT molecular complexity index is 840. The molecule has 1 aromatic rings. The molecule has 0 atom stereocenters. The summed E-state index contributed by atoms with van der Waals surface area (Å²) in [7, 11) is -3.58. The lowest BCUT2D eigenvalue weighted by Gasteiger charge is -2.20. The van der Waals surface area contributed by atoms with Gasteiger partial charge in [0.15, 0.2) is 9.84 Å². The molecule has 0 fully saturated rings. The minimum Gasteiger partial charge on any atom is -0.460 e. The van der Waals surface area contributed by atoms with Crippen molar-refractivity contribution >= 4 is 21.9 Å². The van der Waals surface area contributed by atoms with Crippen LogP contribution in [-0.2, 0) is 30.7 Å². The molecule has 0 aromatic heterocycles. The van der Waals surface area contributed by atoms with E-state index < -0.39 is 27.5 Å². The molecule has 8 heteroatoms. The van der Waals surface area contributed by atoms with Gasteiger partial charge in [0.1, 0.15) is 12.2 Å². The van der Waals surface area contributed by atoms with E-state index in [-0.39, 0.29) is 36.7 Å². The highest BCUT2D eigenvalue weighted by atomic mass is 32.2. The highest BCUT2D eigenvalue weighted by Crippen LogP contribution is 2.20. The highest BCUT2D eigenvalue weighted by molar-refractivity contribution is 7.95. The van der Waals surface area contributed by atoms with E-state index >= 15 is 0 Å². The summed E-state index contributed by atoms with van der Waals surface area (Å²) >= 11 is 0. The van der Waals surface area contributed by atoms with E-state index in [9.17, 15) is 18.0 Å². The smallest absolute Gasteiger partial charge is 0.410 e. The van der Waals surface area contributed by atoms with E-state index in [4.69, 9.17) is 9.47 Å². The van der Waals surface area contributed by atoms with E-state index in [1.54, 1.807) is 26.8 Å². The van der Waals surface area contributed by atoms with Crippen LogP contribution in [0.4, 0.5) is 4.79 Å². The third-order valence-electron chi connectivity index (χ3n) is 4.26. The standard InChI is InChI=1S/C21H29NO6S/c1-21(2,3)28-19(23)12-15-29(25,26)18-10-7-13-22(14-11-18)20(24)27-16-17-8-5-4-6-9-17/h4-6,8-10H,7,11-16H2,1-3H3. The molecule has 0 saturated carbocycles. The molecule has 0 radical (unpaired) electrons. The Morgan fingerprint density at radius 3 is 2.45 bits per heavy atom. The molecule has 0 saturated heterocycles. The van der Waals surface area contributed by atoms with Crippen LogP contribution in [0, 0.1) is 0 Å². The molecular formula is C21H29NO6S. The number of nitrogens with zero attached hydrogens (tertiary/aromatic N) is 1. The summed E-state index contributed by atoms with van der Waals surface area (Å²) in [5, 5.41) is 0. The van der Waals surface area contributed by atoms with Crippen LogP contribution in [-0.4, -0.2) is 49.8 Å². The number of sulfone groups is 1. The predicted molar refractivity (Wildman–Crippen MR) is 110 cm³/mol. The van der Waals surface area contributed by atoms with Crippen molar-refractivity contribution in [3.8, 4) is 0 Å². The average Bonchev–Trinajstić information content (AvgIpc) is 2.91. The van der Waals surface area contributed by atoms with Gasteiger partial charge < -0.3 is 14.4 Å². The second-order valence-electron chi connectivity index (χ2n) is 7.89. The van der Waals surface area contributed by atoms with Crippen molar-refractivity contribution in [2.45, 2.75) is 52.2 Å². The summed E-state index contributed by atoms with van der Waals surface area (Å²) in [6.45, 7) is 6.02. The van der Waals surface area contributed by atoms with Crippen LogP contribution in [0.1, 0.15) is 45.6 Å².